The van der Waals surface area contributed by atoms with Crippen LogP contribution >= 0.6 is 15.9 Å². The van der Waals surface area contributed by atoms with E-state index in [9.17, 15) is 13.2 Å². The first-order chi connectivity index (χ1) is 11.3. The second-order valence-electron chi connectivity index (χ2n) is 5.17. The quantitative estimate of drug-likeness (QED) is 0.363. The fraction of sp³-hybridized carbons (Fsp3) is 0.412. The molecule has 0 aliphatic heterocycles. The molecule has 1 rings (SSSR count). The standard InChI is InChI=1S/C17H22BrNO4S/c1-4-6-7-16(20)15(18)12-17(23-5-2)19-24(21,22)14-10-8-13(3)9-11-14/h8-12H,4-7H2,1-3H3/b15-12+,19-17+. The SMILES string of the molecule is CCCCC(=O)/C(Br)=C\C(=N/S(=O)(=O)c1ccc(C)cc1)OCC. The van der Waals surface area contributed by atoms with E-state index in [1.807, 2.05) is 13.8 Å². The van der Waals surface area contributed by atoms with Crippen LogP contribution in [0.1, 0.15) is 38.7 Å². The first-order valence-corrected chi connectivity index (χ1v) is 9.98. The molecule has 0 saturated carbocycles. The van der Waals surface area contributed by atoms with Gasteiger partial charge in [-0.2, -0.15) is 8.42 Å². The average molecular weight is 416 g/mol. The number of carbonyl (C=O) groups excluding carboxylic acids is 1. The normalized spacial score (nSPS) is 13.0. The van der Waals surface area contributed by atoms with Crippen LogP contribution in [0.2, 0.25) is 0 Å². The van der Waals surface area contributed by atoms with Crippen LogP contribution in [-0.2, 0) is 19.6 Å². The van der Waals surface area contributed by atoms with Gasteiger partial charge in [0.2, 0.25) is 5.90 Å². The van der Waals surface area contributed by atoms with E-state index in [0.29, 0.717) is 6.42 Å². The Morgan fingerprint density at radius 3 is 2.42 bits per heavy atom. The summed E-state index contributed by atoms with van der Waals surface area (Å²) in [6, 6.07) is 6.37. The second kappa shape index (κ2) is 9.74. The van der Waals surface area contributed by atoms with Gasteiger partial charge in [0.05, 0.1) is 16.0 Å². The molecule has 0 aliphatic carbocycles. The molecule has 0 N–H and O–H groups in total. The van der Waals surface area contributed by atoms with Crippen molar-refractivity contribution in [3.8, 4) is 0 Å². The van der Waals surface area contributed by atoms with Crippen LogP contribution in [0.5, 0.6) is 0 Å². The number of nitrogens with zero attached hydrogens (tertiary/aromatic N) is 1. The molecule has 7 heteroatoms. The fourth-order valence-corrected chi connectivity index (χ4v) is 3.09. The lowest BCUT2D eigenvalue weighted by Crippen LogP contribution is -2.09. The Kier molecular flexibility index (Phi) is 8.35. The number of benzene rings is 1. The molecule has 1 aromatic carbocycles. The molecule has 132 valence electrons. The van der Waals surface area contributed by atoms with E-state index >= 15 is 0 Å². The van der Waals surface area contributed by atoms with Gasteiger partial charge in [-0.25, -0.2) is 0 Å². The second-order valence-corrected chi connectivity index (χ2v) is 7.63. The third-order valence-corrected chi connectivity index (χ3v) is 5.05. The van der Waals surface area contributed by atoms with Crippen molar-refractivity contribution in [1.29, 1.82) is 0 Å². The molecule has 0 fully saturated rings. The van der Waals surface area contributed by atoms with E-state index in [1.54, 1.807) is 19.1 Å². The zero-order valence-electron chi connectivity index (χ0n) is 14.1. The number of hydrogen-bond acceptors (Lipinski definition) is 4. The number of ketones is 1. The monoisotopic (exact) mass is 415 g/mol. The maximum Gasteiger partial charge on any atom is 0.285 e. The van der Waals surface area contributed by atoms with E-state index < -0.39 is 10.0 Å². The predicted molar refractivity (Wildman–Crippen MR) is 99.0 cm³/mol. The van der Waals surface area contributed by atoms with Gasteiger partial charge in [-0.3, -0.25) is 4.79 Å². The van der Waals surface area contributed by atoms with E-state index in [-0.39, 0.29) is 27.7 Å². The van der Waals surface area contributed by atoms with Gasteiger partial charge < -0.3 is 4.74 Å². The maximum atomic E-state index is 12.4. The molecule has 0 unspecified atom stereocenters. The van der Waals surface area contributed by atoms with Crippen LogP contribution in [0, 0.1) is 6.92 Å². The van der Waals surface area contributed by atoms with Gasteiger partial charge in [-0.05, 0) is 48.3 Å². The summed E-state index contributed by atoms with van der Waals surface area (Å²) in [6.45, 7) is 5.82. The molecule has 0 bridgehead atoms. The zero-order chi connectivity index (χ0) is 18.2. The Balaban J connectivity index is 3.11. The van der Waals surface area contributed by atoms with Crippen molar-refractivity contribution in [2.45, 2.75) is 44.9 Å². The van der Waals surface area contributed by atoms with Gasteiger partial charge in [-0.1, -0.05) is 31.0 Å². The molecule has 24 heavy (non-hydrogen) atoms. The molecular formula is C17H22BrNO4S. The summed E-state index contributed by atoms with van der Waals surface area (Å²) in [5.41, 5.74) is 0.951. The molecular weight excluding hydrogens is 394 g/mol. The zero-order valence-corrected chi connectivity index (χ0v) is 16.5. The summed E-state index contributed by atoms with van der Waals surface area (Å²) in [5.74, 6) is -0.230. The summed E-state index contributed by atoms with van der Waals surface area (Å²) < 4.78 is 33.9. The molecule has 0 radical (unpaired) electrons. The summed E-state index contributed by atoms with van der Waals surface area (Å²) >= 11 is 3.17. The number of allylic oxidation sites excluding steroid dienone is 1. The van der Waals surface area contributed by atoms with Gasteiger partial charge in [0.25, 0.3) is 10.0 Å². The molecule has 0 atom stereocenters. The molecule has 0 saturated heterocycles. The summed E-state index contributed by atoms with van der Waals surface area (Å²) in [7, 11) is -3.90. The molecule has 0 amide bonds. The summed E-state index contributed by atoms with van der Waals surface area (Å²) in [4.78, 5) is 12.0. The van der Waals surface area contributed by atoms with Crippen molar-refractivity contribution < 1.29 is 17.9 Å². The van der Waals surface area contributed by atoms with Gasteiger partial charge in [0, 0.05) is 12.5 Å². The van der Waals surface area contributed by atoms with Crippen molar-refractivity contribution in [1.82, 2.24) is 0 Å². The van der Waals surface area contributed by atoms with E-state index in [0.717, 1.165) is 18.4 Å². The molecule has 0 heterocycles. The smallest absolute Gasteiger partial charge is 0.285 e. The van der Waals surface area contributed by atoms with Gasteiger partial charge in [-0.15, -0.1) is 4.40 Å². The van der Waals surface area contributed by atoms with Crippen molar-refractivity contribution in [2.24, 2.45) is 4.40 Å². The number of rotatable bonds is 8. The predicted octanol–water partition coefficient (Wildman–Crippen LogP) is 4.16. The first kappa shape index (κ1) is 20.6. The molecule has 0 aromatic heterocycles. The van der Waals surface area contributed by atoms with Gasteiger partial charge in [0.15, 0.2) is 5.78 Å². The highest BCUT2D eigenvalue weighted by Gasteiger charge is 2.15. The third-order valence-electron chi connectivity index (χ3n) is 3.10. The van der Waals surface area contributed by atoms with E-state index in [1.165, 1.54) is 18.2 Å². The van der Waals surface area contributed by atoms with Gasteiger partial charge in [0.1, 0.15) is 0 Å². The highest BCUT2D eigenvalue weighted by Crippen LogP contribution is 2.16. The Hall–Kier alpha value is -1.47. The first-order valence-electron chi connectivity index (χ1n) is 7.75. The van der Waals surface area contributed by atoms with Crippen LogP contribution in [0.3, 0.4) is 0 Å². The van der Waals surface area contributed by atoms with E-state index in [4.69, 9.17) is 4.74 Å². The minimum Gasteiger partial charge on any atom is -0.477 e. The number of sulfonamides is 1. The third kappa shape index (κ3) is 6.57. The lowest BCUT2D eigenvalue weighted by molar-refractivity contribution is -0.114. The summed E-state index contributed by atoms with van der Waals surface area (Å²) in [5, 5.41) is 0. The van der Waals surface area contributed by atoms with Crippen LogP contribution in [0.15, 0.2) is 44.1 Å². The minimum absolute atomic E-state index is 0.0761. The van der Waals surface area contributed by atoms with Crippen LogP contribution in [0.4, 0.5) is 0 Å². The topological polar surface area (TPSA) is 72.8 Å². The number of hydrogen-bond donors (Lipinski definition) is 0. The number of unbranched alkanes of at least 4 members (excludes halogenated alkanes) is 1. The Morgan fingerprint density at radius 1 is 1.25 bits per heavy atom. The maximum absolute atomic E-state index is 12.4. The van der Waals surface area contributed by atoms with Crippen molar-refractivity contribution >= 4 is 37.6 Å². The molecule has 0 aliphatic rings. The highest BCUT2D eigenvalue weighted by molar-refractivity contribution is 9.12. The van der Waals surface area contributed by atoms with Crippen molar-refractivity contribution in [3.63, 3.8) is 0 Å². The number of ether oxygens (including phenoxy) is 1. The van der Waals surface area contributed by atoms with Crippen LogP contribution in [0.25, 0.3) is 0 Å². The van der Waals surface area contributed by atoms with Crippen molar-refractivity contribution in [2.75, 3.05) is 6.61 Å². The molecule has 5 nitrogen and oxygen atoms in total. The lowest BCUT2D eigenvalue weighted by Gasteiger charge is -2.05. The molecule has 0 spiro atoms. The summed E-state index contributed by atoms with van der Waals surface area (Å²) in [6.07, 6.45) is 3.37. The number of Topliss-reactive ketones (excluding diaryl/α,β-unsaturated/α-hetero) is 1. The Bertz CT molecular complexity index is 721. The van der Waals surface area contributed by atoms with Crippen LogP contribution in [-0.4, -0.2) is 26.7 Å². The minimum atomic E-state index is -3.90. The largest absolute Gasteiger partial charge is 0.477 e. The van der Waals surface area contributed by atoms with Crippen LogP contribution < -0.4 is 0 Å². The highest BCUT2D eigenvalue weighted by atomic mass is 79.9. The number of aryl methyl sites for hydroxylation is 1. The van der Waals surface area contributed by atoms with Crippen molar-refractivity contribution in [3.05, 3.63) is 40.4 Å². The average Bonchev–Trinajstić information content (AvgIpc) is 2.52. The van der Waals surface area contributed by atoms with E-state index in [2.05, 4.69) is 20.3 Å². The lowest BCUT2D eigenvalue weighted by atomic mass is 10.2. The molecule has 1 aromatic rings. The Morgan fingerprint density at radius 2 is 1.88 bits per heavy atom. The number of halogens is 1. The Labute approximate surface area is 152 Å². The van der Waals surface area contributed by atoms with Gasteiger partial charge >= 0.3 is 0 Å². The number of carbonyl (C=O) groups is 1. The fourth-order valence-electron chi connectivity index (χ4n) is 1.77.